The Morgan fingerprint density at radius 1 is 1.01 bits per heavy atom. The van der Waals surface area contributed by atoms with Gasteiger partial charge in [-0.3, -0.25) is 24.5 Å². The number of allylic oxidation sites excluding steroid dienone is 3. The first kappa shape index (κ1) is 59.7. The molecule has 0 radical (unpaired) electrons. The number of fused-ring (bicyclic) bond motifs is 6. The van der Waals surface area contributed by atoms with Crippen LogP contribution in [0.1, 0.15) is 80.7 Å². The number of Topliss-reactive ketones (excluding diaryl/α,β-unsaturated/α-hetero) is 1. The van der Waals surface area contributed by atoms with E-state index in [1.807, 2.05) is 32.9 Å². The fraction of sp³-hybridized carbons (Fsp3) is 0.566. The van der Waals surface area contributed by atoms with Gasteiger partial charge in [-0.15, -0.1) is 0 Å². The second kappa shape index (κ2) is 27.1. The number of anilines is 1. The number of hydrogen-bond donors (Lipinski definition) is 3. The van der Waals surface area contributed by atoms with Crippen LogP contribution in [0.5, 0.6) is 5.75 Å². The van der Waals surface area contributed by atoms with Crippen LogP contribution in [0.2, 0.25) is 5.02 Å². The quantitative estimate of drug-likeness (QED) is 0.0567. The second-order valence-corrected chi connectivity index (χ2v) is 20.8. The van der Waals surface area contributed by atoms with Gasteiger partial charge < -0.3 is 53.4 Å². The van der Waals surface area contributed by atoms with Gasteiger partial charge in [-0.25, -0.2) is 14.8 Å². The van der Waals surface area contributed by atoms with Crippen molar-refractivity contribution in [3.8, 4) is 5.75 Å². The third-order valence-electron chi connectivity index (χ3n) is 14.1. The van der Waals surface area contributed by atoms with Crippen molar-refractivity contribution in [1.29, 1.82) is 0 Å². The average Bonchev–Trinajstić information content (AvgIpc) is 4.09. The lowest BCUT2D eigenvalue weighted by atomic mass is 9.77. The Balaban J connectivity index is 0.993. The number of alkyl halides is 2. The van der Waals surface area contributed by atoms with Gasteiger partial charge in [0.15, 0.2) is 11.5 Å². The second-order valence-electron chi connectivity index (χ2n) is 19.3. The smallest absolute Gasteiger partial charge is 0.409 e. The van der Waals surface area contributed by atoms with Gasteiger partial charge in [0.1, 0.15) is 23.0 Å². The molecule has 2 saturated heterocycles. The Morgan fingerprint density at radius 2 is 1.68 bits per heavy atom. The molecule has 410 valence electrons. The summed E-state index contributed by atoms with van der Waals surface area (Å²) < 4.78 is 40.3. The Morgan fingerprint density at radius 3 is 2.35 bits per heavy atom. The number of aliphatic hydroxyl groups is 1. The summed E-state index contributed by atoms with van der Waals surface area (Å²) in [6.45, 7) is 9.02. The molecule has 3 aliphatic rings. The van der Waals surface area contributed by atoms with Gasteiger partial charge >= 0.3 is 6.09 Å². The van der Waals surface area contributed by atoms with Crippen LogP contribution in [0.15, 0.2) is 54.1 Å². The molecular weight excluding hydrogens is 1120 g/mol. The first-order valence-corrected chi connectivity index (χ1v) is 27.5. The standard InChI is InChI=1S/C53H69Br2ClN6O13/c1-31-10-9-11-45(70-8)53(68)28-44(74-51(67)60-53)32(2)49-52(4,75-49)36(27-47(65)62(6)41-23-34(22-31)24-43(69-7)48(41)56)26-42(63)33(3)61(5)46(64)14-16-71-18-20-73-21-19-72-17-15-57-50(66)35-12-13-37-38(25-35)59-40(30-55)39(29-54)58-37/h9-13,23-25,32-33,36,44-45,49,68H,14-22,26-30H2,1-8H3,(H,57,66)(H,60,67)/b11-9+,31-10+/t32-,33-,36+,44+,45-,49?,52+,53+/m1/s1. The third-order valence-corrected chi connectivity index (χ3v) is 15.6. The summed E-state index contributed by atoms with van der Waals surface area (Å²) in [5.74, 6) is -2.00. The molecule has 2 fully saturated rings. The van der Waals surface area contributed by atoms with Crippen LogP contribution < -0.4 is 20.3 Å². The zero-order valence-electron chi connectivity index (χ0n) is 43.8. The molecule has 2 aromatic carbocycles. The molecule has 4 amide bonds. The molecule has 3 N–H and O–H groups in total. The predicted octanol–water partition coefficient (Wildman–Crippen LogP) is 6.78. The van der Waals surface area contributed by atoms with Crippen molar-refractivity contribution in [1.82, 2.24) is 25.5 Å². The number of ether oxygens (including phenoxy) is 7. The summed E-state index contributed by atoms with van der Waals surface area (Å²) in [6, 6.07) is 7.97. The van der Waals surface area contributed by atoms with E-state index in [-0.39, 0.29) is 80.6 Å². The van der Waals surface area contributed by atoms with E-state index in [0.717, 1.165) is 22.5 Å². The van der Waals surface area contributed by atoms with Crippen molar-refractivity contribution in [3.05, 3.63) is 81.7 Å². The van der Waals surface area contributed by atoms with E-state index in [4.69, 9.17) is 44.8 Å². The van der Waals surface area contributed by atoms with E-state index in [1.165, 1.54) is 24.0 Å². The van der Waals surface area contributed by atoms with Crippen molar-refractivity contribution in [2.75, 3.05) is 79.4 Å². The van der Waals surface area contributed by atoms with Crippen LogP contribution in [0.25, 0.3) is 11.0 Å². The fourth-order valence-electron chi connectivity index (χ4n) is 9.39. The number of likely N-dealkylation sites (N-methyl/N-ethyl adjacent to an activating group) is 1. The molecule has 0 aliphatic carbocycles. The molecule has 3 aliphatic heterocycles. The zero-order chi connectivity index (χ0) is 54.6. The maximum atomic E-state index is 14.4. The van der Waals surface area contributed by atoms with Gasteiger partial charge in [0.25, 0.3) is 5.91 Å². The number of rotatable bonds is 21. The van der Waals surface area contributed by atoms with Crippen LogP contribution in [-0.2, 0) is 59.9 Å². The summed E-state index contributed by atoms with van der Waals surface area (Å²) in [6.07, 6.45) is 2.25. The first-order chi connectivity index (χ1) is 35.8. The van der Waals surface area contributed by atoms with Crippen molar-refractivity contribution in [2.24, 2.45) is 11.8 Å². The van der Waals surface area contributed by atoms with Crippen LogP contribution in [0, 0.1) is 11.8 Å². The molecule has 1 unspecified atom stereocenters. The number of aromatic nitrogens is 2. The molecule has 19 nitrogen and oxygen atoms in total. The number of ketones is 1. The highest BCUT2D eigenvalue weighted by Gasteiger charge is 2.63. The molecule has 22 heteroatoms. The van der Waals surface area contributed by atoms with Crippen molar-refractivity contribution in [3.63, 3.8) is 0 Å². The van der Waals surface area contributed by atoms with Gasteiger partial charge in [-0.2, -0.15) is 0 Å². The Hall–Kier alpha value is -4.58. The molecule has 3 aromatic rings. The highest BCUT2D eigenvalue weighted by atomic mass is 79.9. The number of nitrogens with zero attached hydrogens (tertiary/aromatic N) is 4. The number of epoxide rings is 1. The van der Waals surface area contributed by atoms with Crippen LogP contribution >= 0.6 is 43.5 Å². The van der Waals surface area contributed by atoms with Crippen LogP contribution in [0.4, 0.5) is 10.5 Å². The lowest BCUT2D eigenvalue weighted by Gasteiger charge is -2.42. The van der Waals surface area contributed by atoms with Crippen molar-refractivity contribution >= 4 is 89.8 Å². The Bertz CT molecular complexity index is 2610. The van der Waals surface area contributed by atoms with E-state index in [9.17, 15) is 29.1 Å². The zero-order valence-corrected chi connectivity index (χ0v) is 47.7. The Labute approximate surface area is 459 Å². The fourth-order valence-corrected chi connectivity index (χ4v) is 10.6. The third kappa shape index (κ3) is 15.1. The van der Waals surface area contributed by atoms with Gasteiger partial charge in [-0.1, -0.05) is 74.2 Å². The number of benzene rings is 2. The van der Waals surface area contributed by atoms with Crippen LogP contribution in [-0.4, -0.2) is 160 Å². The number of nitrogens with one attached hydrogen (secondary N) is 2. The predicted molar refractivity (Wildman–Crippen MR) is 288 cm³/mol. The first-order valence-electron chi connectivity index (χ1n) is 24.9. The molecule has 0 spiro atoms. The minimum absolute atomic E-state index is 0.0122. The van der Waals surface area contributed by atoms with Gasteiger partial charge in [-0.05, 0) is 63.1 Å². The van der Waals surface area contributed by atoms with E-state index in [2.05, 4.69) is 52.5 Å². The number of hydrogen-bond acceptors (Lipinski definition) is 15. The topological polar surface area (TPSA) is 230 Å². The molecule has 4 heterocycles. The molecule has 0 saturated carbocycles. The molecular formula is C53H69Br2ClN6O13. The number of carbonyl (C=O) groups is 5. The summed E-state index contributed by atoms with van der Waals surface area (Å²) >= 11 is 13.7. The normalized spacial score (nSPS) is 25.5. The van der Waals surface area contributed by atoms with Crippen molar-refractivity contribution < 1.29 is 62.2 Å². The average molecular weight is 1190 g/mol. The minimum atomic E-state index is -1.83. The van der Waals surface area contributed by atoms with Gasteiger partial charge in [0.05, 0.1) is 99.0 Å². The number of alkyl carbamates (subject to hydrolysis) is 1. The molecule has 75 heavy (non-hydrogen) atoms. The molecule has 4 bridgehead atoms. The molecule has 8 atom stereocenters. The molecule has 1 aromatic heterocycles. The number of halogens is 3. The number of methoxy groups -OCH3 is 2. The van der Waals surface area contributed by atoms with Gasteiger partial charge in [0, 0.05) is 75.1 Å². The highest BCUT2D eigenvalue weighted by molar-refractivity contribution is 9.09. The van der Waals surface area contributed by atoms with Crippen molar-refractivity contribution in [2.45, 2.75) is 106 Å². The lowest BCUT2D eigenvalue weighted by Crippen LogP contribution is -2.63. The maximum Gasteiger partial charge on any atom is 0.409 e. The number of amides is 4. The van der Waals surface area contributed by atoms with Crippen LogP contribution in [0.3, 0.4) is 0 Å². The molecule has 6 rings (SSSR count). The summed E-state index contributed by atoms with van der Waals surface area (Å²) in [7, 11) is 6.11. The van der Waals surface area contributed by atoms with E-state index in [0.29, 0.717) is 64.9 Å². The monoisotopic (exact) mass is 1190 g/mol. The summed E-state index contributed by atoms with van der Waals surface area (Å²) in [5, 5.41) is 18.6. The van der Waals surface area contributed by atoms with E-state index >= 15 is 0 Å². The summed E-state index contributed by atoms with van der Waals surface area (Å²) in [4.78, 5) is 79.8. The highest BCUT2D eigenvalue weighted by Crippen LogP contribution is 2.52. The SMILES string of the molecule is COc1cc2cc(c1Cl)N(C)C(=O)C[C@H](CC(=O)[C@@H](C)N(C)C(=O)CCOCCOCCOCCNC(=O)c1ccc3nc(CBr)c(CBr)nc3c1)[C@]1(C)OC1[C@H](C)[C@@H]1C[C@@](O)(NC(=O)O1)[C@H](OC)/C=C/C=C(\C)C2. The minimum Gasteiger partial charge on any atom is -0.495 e. The maximum absolute atomic E-state index is 14.4. The van der Waals surface area contributed by atoms with E-state index < -0.39 is 53.6 Å². The van der Waals surface area contributed by atoms with E-state index in [1.54, 1.807) is 57.4 Å². The lowest BCUT2D eigenvalue weighted by molar-refractivity contribution is -0.142. The summed E-state index contributed by atoms with van der Waals surface area (Å²) in [5.41, 5.74) is 2.74. The number of carbonyl (C=O) groups excluding carboxylic acids is 5. The largest absolute Gasteiger partial charge is 0.495 e. The van der Waals surface area contributed by atoms with Gasteiger partial charge in [0.2, 0.25) is 11.8 Å². The Kier molecular flexibility index (Phi) is 21.6.